The zero-order valence-electron chi connectivity index (χ0n) is 23.4. The summed E-state index contributed by atoms with van der Waals surface area (Å²) in [5, 5.41) is 31.6. The van der Waals surface area contributed by atoms with E-state index in [1.165, 1.54) is 12.1 Å². The van der Waals surface area contributed by atoms with Gasteiger partial charge in [-0.2, -0.15) is 0 Å². The third-order valence-corrected chi connectivity index (χ3v) is 6.72. The highest BCUT2D eigenvalue weighted by Crippen LogP contribution is 2.38. The standard InChI is InChI=1S/C32H33FN2O7/c1-21(2)34-29-9-4-3-8-28(29)32(24-10-12-25(33)13-11-24)30(34)15-14-26(36)17-27(37)18-31(38)41-19-22-6-5-7-23(16-22)20-42-35(39)40/h3-16,21,26-27,36-37H,17-20H2,1-2H3/t26-,27-/m1/s1. The molecule has 2 atom stereocenters. The summed E-state index contributed by atoms with van der Waals surface area (Å²) in [6, 6.07) is 20.9. The number of esters is 1. The number of carbonyl (C=O) groups is 1. The number of carbonyl (C=O) groups excluding carboxylic acids is 1. The van der Waals surface area contributed by atoms with E-state index in [9.17, 15) is 29.5 Å². The van der Waals surface area contributed by atoms with Crippen LogP contribution >= 0.6 is 0 Å². The third-order valence-electron chi connectivity index (χ3n) is 6.72. The van der Waals surface area contributed by atoms with Crippen LogP contribution in [0.25, 0.3) is 28.1 Å². The third kappa shape index (κ3) is 7.80. The molecule has 10 heteroatoms. The van der Waals surface area contributed by atoms with E-state index < -0.39 is 23.3 Å². The average Bonchev–Trinajstić information content (AvgIpc) is 3.29. The van der Waals surface area contributed by atoms with Crippen LogP contribution in [0.4, 0.5) is 4.39 Å². The van der Waals surface area contributed by atoms with Gasteiger partial charge in [-0.15, -0.1) is 10.1 Å². The maximum atomic E-state index is 13.7. The molecule has 220 valence electrons. The molecule has 0 aliphatic rings. The zero-order valence-corrected chi connectivity index (χ0v) is 23.4. The van der Waals surface area contributed by atoms with Crippen molar-refractivity contribution in [1.29, 1.82) is 0 Å². The van der Waals surface area contributed by atoms with Crippen molar-refractivity contribution in [3.8, 4) is 11.1 Å². The number of ether oxygens (including phenoxy) is 1. The van der Waals surface area contributed by atoms with Crippen LogP contribution in [0.3, 0.4) is 0 Å². The molecule has 0 saturated heterocycles. The van der Waals surface area contributed by atoms with Gasteiger partial charge in [-0.25, -0.2) is 4.39 Å². The molecular weight excluding hydrogens is 543 g/mol. The van der Waals surface area contributed by atoms with Crippen molar-refractivity contribution in [3.63, 3.8) is 0 Å². The van der Waals surface area contributed by atoms with Gasteiger partial charge < -0.3 is 24.4 Å². The lowest BCUT2D eigenvalue weighted by molar-refractivity contribution is -0.763. The molecule has 0 saturated carbocycles. The Bertz CT molecular complexity index is 1560. The van der Waals surface area contributed by atoms with Crippen LogP contribution in [0.2, 0.25) is 0 Å². The summed E-state index contributed by atoms with van der Waals surface area (Å²) in [4.78, 5) is 27.0. The normalized spacial score (nSPS) is 13.0. The van der Waals surface area contributed by atoms with Gasteiger partial charge in [0.1, 0.15) is 19.0 Å². The second-order valence-electron chi connectivity index (χ2n) is 10.2. The van der Waals surface area contributed by atoms with E-state index in [1.54, 1.807) is 48.6 Å². The minimum absolute atomic E-state index is 0.0772. The first-order valence-corrected chi connectivity index (χ1v) is 13.6. The van der Waals surface area contributed by atoms with E-state index in [0.29, 0.717) is 11.1 Å². The van der Waals surface area contributed by atoms with E-state index >= 15 is 0 Å². The Balaban J connectivity index is 1.42. The van der Waals surface area contributed by atoms with Crippen molar-refractivity contribution in [2.75, 3.05) is 0 Å². The zero-order chi connectivity index (χ0) is 30.2. The first-order valence-electron chi connectivity index (χ1n) is 13.6. The maximum Gasteiger partial charge on any atom is 0.308 e. The molecule has 1 heterocycles. The predicted octanol–water partition coefficient (Wildman–Crippen LogP) is 6.00. The number of nitrogens with zero attached hydrogens (tertiary/aromatic N) is 2. The summed E-state index contributed by atoms with van der Waals surface area (Å²) in [5.41, 5.74) is 4.73. The molecule has 0 bridgehead atoms. The summed E-state index contributed by atoms with van der Waals surface area (Å²) in [7, 11) is 0. The second kappa shape index (κ2) is 13.9. The number of para-hydroxylation sites is 1. The first-order chi connectivity index (χ1) is 20.1. The SMILES string of the molecule is CC(C)n1c(C=C[C@@H](O)C[C@@H](O)CC(=O)OCc2cccc(CO[N+](=O)[O-])c2)c(-c2ccc(F)cc2)c2ccccc21. The fourth-order valence-corrected chi connectivity index (χ4v) is 4.92. The van der Waals surface area contributed by atoms with E-state index in [-0.39, 0.29) is 37.9 Å². The smallest absolute Gasteiger partial charge is 0.308 e. The van der Waals surface area contributed by atoms with Crippen LogP contribution in [-0.2, 0) is 27.6 Å². The van der Waals surface area contributed by atoms with Crippen LogP contribution in [-0.4, -0.2) is 38.0 Å². The number of hydrogen-bond donors (Lipinski definition) is 2. The molecule has 4 aromatic rings. The van der Waals surface area contributed by atoms with Crippen molar-refractivity contribution in [1.82, 2.24) is 4.57 Å². The molecule has 0 spiro atoms. The van der Waals surface area contributed by atoms with Crippen molar-refractivity contribution in [2.24, 2.45) is 0 Å². The maximum absolute atomic E-state index is 13.7. The average molecular weight is 577 g/mol. The van der Waals surface area contributed by atoms with Crippen LogP contribution in [0.5, 0.6) is 0 Å². The number of benzene rings is 3. The Morgan fingerprint density at radius 1 is 1.02 bits per heavy atom. The molecule has 0 amide bonds. The Morgan fingerprint density at radius 2 is 1.71 bits per heavy atom. The van der Waals surface area contributed by atoms with Crippen LogP contribution in [0.15, 0.2) is 78.9 Å². The molecule has 3 aromatic carbocycles. The molecule has 4 rings (SSSR count). The lowest BCUT2D eigenvalue weighted by atomic mass is 10.0. The summed E-state index contributed by atoms with van der Waals surface area (Å²) < 4.78 is 21.1. The Labute approximate surface area is 242 Å². The number of aliphatic hydroxyl groups is 2. The lowest BCUT2D eigenvalue weighted by Gasteiger charge is -2.15. The first kappa shape index (κ1) is 30.4. The van der Waals surface area contributed by atoms with Gasteiger partial charge in [0.2, 0.25) is 0 Å². The molecule has 0 aliphatic heterocycles. The van der Waals surface area contributed by atoms with Crippen LogP contribution < -0.4 is 0 Å². The van der Waals surface area contributed by atoms with Crippen molar-refractivity contribution in [2.45, 2.75) is 58.2 Å². The summed E-state index contributed by atoms with van der Waals surface area (Å²) in [6.45, 7) is 3.82. The van der Waals surface area contributed by atoms with Gasteiger partial charge in [-0.05, 0) is 54.8 Å². The van der Waals surface area contributed by atoms with Crippen LogP contribution in [0.1, 0.15) is 49.6 Å². The van der Waals surface area contributed by atoms with Crippen LogP contribution in [0, 0.1) is 15.9 Å². The highest BCUT2D eigenvalue weighted by Gasteiger charge is 2.20. The molecule has 0 radical (unpaired) electrons. The van der Waals surface area contributed by atoms with Gasteiger partial charge in [0.15, 0.2) is 0 Å². The Hall–Kier alpha value is -4.54. The van der Waals surface area contributed by atoms with Crippen molar-refractivity contribution >= 4 is 22.9 Å². The summed E-state index contributed by atoms with van der Waals surface area (Å²) >= 11 is 0. The van der Waals surface area contributed by atoms with E-state index in [1.807, 2.05) is 24.3 Å². The largest absolute Gasteiger partial charge is 0.461 e. The van der Waals surface area contributed by atoms with E-state index in [2.05, 4.69) is 23.3 Å². The van der Waals surface area contributed by atoms with Gasteiger partial charge in [-0.1, -0.05) is 60.7 Å². The number of fused-ring (bicyclic) bond motifs is 1. The highest BCUT2D eigenvalue weighted by atomic mass is 19.1. The van der Waals surface area contributed by atoms with Crippen molar-refractivity contribution in [3.05, 3.63) is 112 Å². The quantitative estimate of drug-likeness (QED) is 0.114. The molecule has 9 nitrogen and oxygen atoms in total. The minimum atomic E-state index is -1.15. The predicted molar refractivity (Wildman–Crippen MR) is 156 cm³/mol. The van der Waals surface area contributed by atoms with Gasteiger partial charge in [0, 0.05) is 34.6 Å². The number of aliphatic hydroxyl groups excluding tert-OH is 2. The molecule has 42 heavy (non-hydrogen) atoms. The van der Waals surface area contributed by atoms with Gasteiger partial charge in [0.25, 0.3) is 5.09 Å². The lowest BCUT2D eigenvalue weighted by Crippen LogP contribution is -2.20. The number of aromatic nitrogens is 1. The summed E-state index contributed by atoms with van der Waals surface area (Å²) in [6.07, 6.45) is 0.766. The number of halogens is 1. The molecule has 0 fully saturated rings. The molecule has 1 aromatic heterocycles. The van der Waals surface area contributed by atoms with E-state index in [4.69, 9.17) is 4.74 Å². The van der Waals surface area contributed by atoms with Crippen molar-refractivity contribution < 1.29 is 34.1 Å². The minimum Gasteiger partial charge on any atom is -0.461 e. The van der Waals surface area contributed by atoms with Gasteiger partial charge >= 0.3 is 5.97 Å². The second-order valence-corrected chi connectivity index (χ2v) is 10.2. The number of rotatable bonds is 13. The fourth-order valence-electron chi connectivity index (χ4n) is 4.92. The van der Waals surface area contributed by atoms with Gasteiger partial charge in [0.05, 0.1) is 18.6 Å². The Morgan fingerprint density at radius 3 is 2.40 bits per heavy atom. The molecule has 0 aliphatic carbocycles. The fraction of sp³-hybridized carbons (Fsp3) is 0.281. The van der Waals surface area contributed by atoms with Gasteiger partial charge in [-0.3, -0.25) is 4.79 Å². The summed E-state index contributed by atoms with van der Waals surface area (Å²) in [5.74, 6) is -0.980. The number of hydrogen-bond acceptors (Lipinski definition) is 7. The highest BCUT2D eigenvalue weighted by molar-refractivity contribution is 6.01. The monoisotopic (exact) mass is 576 g/mol. The molecule has 0 unspecified atom stereocenters. The molecular formula is C32H33FN2O7. The van der Waals surface area contributed by atoms with E-state index in [0.717, 1.165) is 27.7 Å². The topological polar surface area (TPSA) is 124 Å². The Kier molecular flexibility index (Phi) is 10.1. The molecule has 2 N–H and O–H groups in total.